The van der Waals surface area contributed by atoms with E-state index >= 15 is 0 Å². The van der Waals surface area contributed by atoms with Crippen LogP contribution in [0.5, 0.6) is 0 Å². The Morgan fingerprint density at radius 2 is 2.21 bits per heavy atom. The van der Waals surface area contributed by atoms with Crippen molar-refractivity contribution >= 4 is 12.5 Å². The number of hydrogen-bond donors (Lipinski definition) is 1. The topological polar surface area (TPSA) is 64.7 Å². The maximum Gasteiger partial charge on any atom is 0.165 e. The number of aliphatic imine (C=N–C) groups is 1. The highest BCUT2D eigenvalue weighted by Gasteiger charge is 2.22. The van der Waals surface area contributed by atoms with E-state index in [1.165, 1.54) is 24.4 Å². The number of hydrogen-bond acceptors (Lipinski definition) is 4. The zero-order valence-electron chi connectivity index (χ0n) is 13.6. The van der Waals surface area contributed by atoms with E-state index in [1.54, 1.807) is 0 Å². The summed E-state index contributed by atoms with van der Waals surface area (Å²) in [5.41, 5.74) is 7.32. The van der Waals surface area contributed by atoms with Gasteiger partial charge in [-0.3, -0.25) is 9.79 Å². The van der Waals surface area contributed by atoms with Crippen LogP contribution in [0, 0.1) is 0 Å². The van der Waals surface area contributed by atoms with E-state index in [9.17, 15) is 9.18 Å². The van der Waals surface area contributed by atoms with Crippen LogP contribution in [0.2, 0.25) is 0 Å². The third-order valence-corrected chi connectivity index (χ3v) is 3.71. The van der Waals surface area contributed by atoms with Crippen molar-refractivity contribution in [3.8, 4) is 0 Å². The predicted molar refractivity (Wildman–Crippen MR) is 93.2 cm³/mol. The predicted octanol–water partition coefficient (Wildman–Crippen LogP) is 3.26. The molecule has 1 aromatic carbocycles. The van der Waals surface area contributed by atoms with Gasteiger partial charge >= 0.3 is 0 Å². The van der Waals surface area contributed by atoms with Crippen molar-refractivity contribution in [1.82, 2.24) is 0 Å². The fourth-order valence-corrected chi connectivity index (χ4v) is 2.37. The van der Waals surface area contributed by atoms with Crippen LogP contribution >= 0.6 is 0 Å². The zero-order valence-corrected chi connectivity index (χ0v) is 13.6. The fourth-order valence-electron chi connectivity index (χ4n) is 2.37. The molecular weight excluding hydrogens is 307 g/mol. The average molecular weight is 328 g/mol. The molecule has 4 nitrogen and oxygen atoms in total. The number of benzene rings is 1. The largest absolute Gasteiger partial charge is 0.396 e. The van der Waals surface area contributed by atoms with Crippen LogP contribution in [0.15, 0.2) is 70.6 Å². The maximum atomic E-state index is 13.6. The Kier molecular flexibility index (Phi) is 6.63. The van der Waals surface area contributed by atoms with Crippen LogP contribution in [-0.4, -0.2) is 24.6 Å². The Hall–Kier alpha value is -2.53. The summed E-state index contributed by atoms with van der Waals surface area (Å²) in [7, 11) is 0. The van der Waals surface area contributed by atoms with Gasteiger partial charge in [-0.1, -0.05) is 30.3 Å². The summed E-state index contributed by atoms with van der Waals surface area (Å²) in [6, 6.07) is 9.56. The van der Waals surface area contributed by atoms with Gasteiger partial charge in [-0.05, 0) is 42.7 Å². The Labute approximate surface area is 141 Å². The molecule has 24 heavy (non-hydrogen) atoms. The van der Waals surface area contributed by atoms with Gasteiger partial charge < -0.3 is 10.5 Å². The monoisotopic (exact) mass is 328 g/mol. The number of allylic oxidation sites excluding steroid dienone is 4. The quantitative estimate of drug-likeness (QED) is 0.475. The highest BCUT2D eigenvalue weighted by atomic mass is 19.1. The Bertz CT molecular complexity index is 678. The van der Waals surface area contributed by atoms with E-state index in [0.717, 1.165) is 11.1 Å². The smallest absolute Gasteiger partial charge is 0.165 e. The summed E-state index contributed by atoms with van der Waals surface area (Å²) < 4.78 is 19.5. The molecule has 2 unspecified atom stereocenters. The van der Waals surface area contributed by atoms with Gasteiger partial charge in [0.15, 0.2) is 6.29 Å². The minimum atomic E-state index is -0.283. The van der Waals surface area contributed by atoms with Crippen molar-refractivity contribution in [2.75, 3.05) is 0 Å². The number of rotatable bonds is 7. The molecule has 0 aliphatic heterocycles. The van der Waals surface area contributed by atoms with Crippen LogP contribution in [0.1, 0.15) is 18.9 Å². The Morgan fingerprint density at radius 1 is 1.46 bits per heavy atom. The molecule has 0 aromatic heterocycles. The Morgan fingerprint density at radius 3 is 2.92 bits per heavy atom. The Balaban J connectivity index is 2.05. The van der Waals surface area contributed by atoms with Gasteiger partial charge in [0.1, 0.15) is 5.83 Å². The van der Waals surface area contributed by atoms with Gasteiger partial charge in [-0.25, -0.2) is 4.39 Å². The molecule has 0 spiro atoms. The van der Waals surface area contributed by atoms with Crippen molar-refractivity contribution < 1.29 is 13.9 Å². The fraction of sp³-hybridized carbons (Fsp3) is 0.263. The van der Waals surface area contributed by atoms with Crippen LogP contribution < -0.4 is 5.73 Å². The lowest BCUT2D eigenvalue weighted by molar-refractivity contribution is -0.104. The van der Waals surface area contributed by atoms with E-state index in [1.807, 2.05) is 37.3 Å². The van der Waals surface area contributed by atoms with E-state index in [4.69, 9.17) is 10.5 Å². The summed E-state index contributed by atoms with van der Waals surface area (Å²) in [6.07, 6.45) is 6.57. The van der Waals surface area contributed by atoms with E-state index < -0.39 is 0 Å². The lowest BCUT2D eigenvalue weighted by Crippen LogP contribution is -2.23. The standard InChI is InChI=1S/C19H21FN2O2/c1-14(24-13-15-5-3-2-4-6-15)18-11-16(20)7-8-19(18)22-10-9-17(21)12-23/h2-7,9-12,14,19H,8,13,21H2,1H3. The number of ether oxygens (including phenoxy) is 1. The molecular formula is C19H21FN2O2. The summed E-state index contributed by atoms with van der Waals surface area (Å²) in [6.45, 7) is 2.32. The molecule has 0 saturated heterocycles. The second-order valence-corrected chi connectivity index (χ2v) is 5.51. The molecule has 0 amide bonds. The number of aldehydes is 1. The lowest BCUT2D eigenvalue weighted by atomic mass is 9.95. The molecule has 1 aliphatic carbocycles. The number of nitrogens with zero attached hydrogens (tertiary/aromatic N) is 1. The van der Waals surface area contributed by atoms with Crippen molar-refractivity contribution in [1.29, 1.82) is 0 Å². The average Bonchev–Trinajstić information content (AvgIpc) is 2.61. The third kappa shape index (κ3) is 5.28. The molecule has 1 aliphatic rings. The third-order valence-electron chi connectivity index (χ3n) is 3.71. The molecule has 0 fully saturated rings. The van der Waals surface area contributed by atoms with Crippen LogP contribution in [0.3, 0.4) is 0 Å². The van der Waals surface area contributed by atoms with Crippen molar-refractivity contribution in [3.63, 3.8) is 0 Å². The molecule has 2 rings (SSSR count). The van der Waals surface area contributed by atoms with Crippen molar-refractivity contribution in [2.24, 2.45) is 10.7 Å². The van der Waals surface area contributed by atoms with Gasteiger partial charge in [-0.2, -0.15) is 0 Å². The second kappa shape index (κ2) is 8.93. The van der Waals surface area contributed by atoms with Gasteiger partial charge in [-0.15, -0.1) is 0 Å². The van der Waals surface area contributed by atoms with E-state index in [0.29, 0.717) is 19.3 Å². The van der Waals surface area contributed by atoms with Crippen molar-refractivity contribution in [2.45, 2.75) is 32.1 Å². The zero-order chi connectivity index (χ0) is 17.4. The summed E-state index contributed by atoms with van der Waals surface area (Å²) >= 11 is 0. The van der Waals surface area contributed by atoms with Crippen LogP contribution in [0.4, 0.5) is 4.39 Å². The highest BCUT2D eigenvalue weighted by Crippen LogP contribution is 2.26. The molecule has 126 valence electrons. The first kappa shape index (κ1) is 17.8. The second-order valence-electron chi connectivity index (χ2n) is 5.51. The normalized spacial score (nSPS) is 19.8. The summed E-state index contributed by atoms with van der Waals surface area (Å²) in [5, 5.41) is 0. The number of carbonyl (C=O) groups is 1. The van der Waals surface area contributed by atoms with Crippen LogP contribution in [-0.2, 0) is 16.1 Å². The lowest BCUT2D eigenvalue weighted by Gasteiger charge is -2.24. The minimum Gasteiger partial charge on any atom is -0.396 e. The minimum absolute atomic E-state index is 0.0928. The first-order valence-electron chi connectivity index (χ1n) is 7.77. The van der Waals surface area contributed by atoms with Gasteiger partial charge in [0.05, 0.1) is 24.4 Å². The molecule has 0 bridgehead atoms. The molecule has 5 heteroatoms. The van der Waals surface area contributed by atoms with E-state index in [-0.39, 0.29) is 23.7 Å². The van der Waals surface area contributed by atoms with Gasteiger partial charge in [0, 0.05) is 6.21 Å². The molecule has 0 radical (unpaired) electrons. The molecule has 0 saturated carbocycles. The molecule has 2 N–H and O–H groups in total. The molecule has 1 aromatic rings. The van der Waals surface area contributed by atoms with Gasteiger partial charge in [0.2, 0.25) is 0 Å². The number of nitrogens with two attached hydrogens (primary N) is 1. The van der Waals surface area contributed by atoms with E-state index in [2.05, 4.69) is 4.99 Å². The van der Waals surface area contributed by atoms with Crippen molar-refractivity contribution in [3.05, 3.63) is 71.2 Å². The molecule has 0 heterocycles. The summed E-state index contributed by atoms with van der Waals surface area (Å²) in [5.74, 6) is -0.283. The summed E-state index contributed by atoms with van der Waals surface area (Å²) in [4.78, 5) is 14.8. The molecule has 2 atom stereocenters. The first-order valence-corrected chi connectivity index (χ1v) is 7.77. The SMILES string of the molecule is CC(OCc1ccccc1)C1=CC(F)=CCC1N=CC=C(N)C=O. The number of halogens is 1. The number of carbonyl (C=O) groups excluding carboxylic acids is 1. The van der Waals surface area contributed by atoms with Crippen LogP contribution in [0.25, 0.3) is 0 Å². The first-order chi connectivity index (χ1) is 11.6. The van der Waals surface area contributed by atoms with Gasteiger partial charge in [0.25, 0.3) is 0 Å². The maximum absolute atomic E-state index is 13.6. The highest BCUT2D eigenvalue weighted by molar-refractivity contribution is 5.83.